The van der Waals surface area contributed by atoms with Crippen LogP contribution in [-0.4, -0.2) is 57.2 Å². The van der Waals surface area contributed by atoms with Crippen molar-refractivity contribution < 1.29 is 9.59 Å². The molecule has 0 aromatic carbocycles. The number of piperidine rings is 1. The van der Waals surface area contributed by atoms with Gasteiger partial charge in [0, 0.05) is 31.3 Å². The summed E-state index contributed by atoms with van der Waals surface area (Å²) in [6, 6.07) is 0. The maximum atomic E-state index is 12.4. The average Bonchev–Trinajstić information content (AvgIpc) is 2.81. The SMILES string of the molecule is CC(C)C(=O)N1CCSC12CCN(C(=O)C(C)Cl)CC2. The molecule has 2 aliphatic heterocycles. The molecule has 1 unspecified atom stereocenters. The van der Waals surface area contributed by atoms with Crippen LogP contribution in [0.1, 0.15) is 33.6 Å². The van der Waals surface area contributed by atoms with Gasteiger partial charge in [0.05, 0.1) is 4.87 Å². The normalized spacial score (nSPS) is 23.4. The van der Waals surface area contributed by atoms with E-state index in [1.807, 2.05) is 35.4 Å². The molecule has 0 bridgehead atoms. The van der Waals surface area contributed by atoms with Gasteiger partial charge in [0.1, 0.15) is 5.38 Å². The third-order valence-electron chi connectivity index (χ3n) is 4.13. The van der Waals surface area contributed by atoms with Crippen molar-refractivity contribution in [3.05, 3.63) is 0 Å². The average molecular weight is 319 g/mol. The van der Waals surface area contributed by atoms with E-state index in [-0.39, 0.29) is 22.6 Å². The lowest BCUT2D eigenvalue weighted by Gasteiger charge is -2.44. The molecule has 0 aromatic heterocycles. The Labute approximate surface area is 130 Å². The first kappa shape index (κ1) is 16.0. The van der Waals surface area contributed by atoms with Crippen LogP contribution in [0.25, 0.3) is 0 Å². The fraction of sp³-hybridized carbons (Fsp3) is 0.857. The van der Waals surface area contributed by atoms with Crippen LogP contribution in [0.5, 0.6) is 0 Å². The van der Waals surface area contributed by atoms with Gasteiger partial charge in [-0.05, 0) is 19.8 Å². The Bertz CT molecular complexity index is 393. The van der Waals surface area contributed by atoms with Crippen molar-refractivity contribution in [3.63, 3.8) is 0 Å². The van der Waals surface area contributed by atoms with E-state index in [4.69, 9.17) is 11.6 Å². The number of likely N-dealkylation sites (tertiary alicyclic amines) is 1. The summed E-state index contributed by atoms with van der Waals surface area (Å²) >= 11 is 7.75. The summed E-state index contributed by atoms with van der Waals surface area (Å²) in [4.78, 5) is 28.1. The van der Waals surface area contributed by atoms with Crippen LogP contribution in [0.4, 0.5) is 0 Å². The van der Waals surface area contributed by atoms with E-state index in [0.717, 1.165) is 25.1 Å². The lowest BCUT2D eigenvalue weighted by Crippen LogP contribution is -2.55. The van der Waals surface area contributed by atoms with Crippen molar-refractivity contribution in [3.8, 4) is 0 Å². The molecule has 6 heteroatoms. The van der Waals surface area contributed by atoms with Crippen molar-refractivity contribution in [2.24, 2.45) is 5.92 Å². The second-order valence-corrected chi connectivity index (χ2v) is 7.99. The third kappa shape index (κ3) is 2.93. The molecule has 4 nitrogen and oxygen atoms in total. The number of thioether (sulfide) groups is 1. The van der Waals surface area contributed by atoms with E-state index in [1.165, 1.54) is 0 Å². The van der Waals surface area contributed by atoms with Crippen LogP contribution in [0, 0.1) is 5.92 Å². The van der Waals surface area contributed by atoms with E-state index < -0.39 is 5.38 Å². The molecule has 2 aliphatic rings. The van der Waals surface area contributed by atoms with Crippen LogP contribution < -0.4 is 0 Å². The molecule has 1 spiro atoms. The maximum Gasteiger partial charge on any atom is 0.240 e. The molecule has 2 rings (SSSR count). The van der Waals surface area contributed by atoms with Crippen LogP contribution in [0.3, 0.4) is 0 Å². The van der Waals surface area contributed by atoms with Crippen molar-refractivity contribution in [1.29, 1.82) is 0 Å². The highest BCUT2D eigenvalue weighted by atomic mass is 35.5. The number of halogens is 1. The Kier molecular flexibility index (Phi) is 4.90. The van der Waals surface area contributed by atoms with Crippen molar-refractivity contribution >= 4 is 35.2 Å². The van der Waals surface area contributed by atoms with Gasteiger partial charge in [-0.1, -0.05) is 13.8 Å². The largest absolute Gasteiger partial charge is 0.341 e. The van der Waals surface area contributed by atoms with Gasteiger partial charge < -0.3 is 9.80 Å². The molecule has 0 saturated carbocycles. The summed E-state index contributed by atoms with van der Waals surface area (Å²) < 4.78 is 0. The molecular weight excluding hydrogens is 296 g/mol. The molecule has 0 N–H and O–H groups in total. The lowest BCUT2D eigenvalue weighted by molar-refractivity contribution is -0.139. The molecule has 2 heterocycles. The molecule has 2 fully saturated rings. The molecular formula is C14H23ClN2O2S. The van der Waals surface area contributed by atoms with Crippen LogP contribution in [0.2, 0.25) is 0 Å². The van der Waals surface area contributed by atoms with E-state index in [9.17, 15) is 9.59 Å². The van der Waals surface area contributed by atoms with Gasteiger partial charge in [0.2, 0.25) is 11.8 Å². The Morgan fingerprint density at radius 2 is 1.70 bits per heavy atom. The minimum Gasteiger partial charge on any atom is -0.341 e. The quantitative estimate of drug-likeness (QED) is 0.733. The first-order valence-corrected chi connectivity index (χ1v) is 8.68. The smallest absolute Gasteiger partial charge is 0.240 e. The van der Waals surface area contributed by atoms with Crippen LogP contribution >= 0.6 is 23.4 Å². The number of hydrogen-bond donors (Lipinski definition) is 0. The number of alkyl halides is 1. The first-order valence-electron chi connectivity index (χ1n) is 7.26. The molecule has 2 amide bonds. The molecule has 2 saturated heterocycles. The Morgan fingerprint density at radius 3 is 2.20 bits per heavy atom. The highest BCUT2D eigenvalue weighted by molar-refractivity contribution is 8.00. The summed E-state index contributed by atoms with van der Waals surface area (Å²) in [6.07, 6.45) is 1.71. The standard InChI is InChI=1S/C14H23ClN2O2S/c1-10(2)12(18)17-8-9-20-14(17)4-6-16(7-5-14)13(19)11(3)15/h10-11H,4-9H2,1-3H3. The van der Waals surface area contributed by atoms with Crippen LogP contribution in [-0.2, 0) is 9.59 Å². The van der Waals surface area contributed by atoms with Gasteiger partial charge in [-0.25, -0.2) is 0 Å². The zero-order chi connectivity index (χ0) is 14.9. The minimum absolute atomic E-state index is 0.00579. The fourth-order valence-electron chi connectivity index (χ4n) is 2.97. The molecule has 0 aromatic rings. The number of nitrogens with zero attached hydrogens (tertiary/aromatic N) is 2. The summed E-state index contributed by atoms with van der Waals surface area (Å²) in [5.74, 6) is 1.28. The molecule has 114 valence electrons. The number of carbonyl (C=O) groups excluding carboxylic acids is 2. The highest BCUT2D eigenvalue weighted by Gasteiger charge is 2.47. The minimum atomic E-state index is -0.464. The number of carbonyl (C=O) groups is 2. The second kappa shape index (κ2) is 6.14. The monoisotopic (exact) mass is 318 g/mol. The van der Waals surface area contributed by atoms with Gasteiger partial charge in [-0.15, -0.1) is 23.4 Å². The maximum absolute atomic E-state index is 12.4. The molecule has 0 radical (unpaired) electrons. The van der Waals surface area contributed by atoms with Crippen molar-refractivity contribution in [2.75, 3.05) is 25.4 Å². The third-order valence-corrected chi connectivity index (χ3v) is 5.87. The predicted octanol–water partition coefficient (Wildman–Crippen LogP) is 2.16. The lowest BCUT2D eigenvalue weighted by atomic mass is 10.00. The van der Waals surface area contributed by atoms with E-state index in [1.54, 1.807) is 6.92 Å². The van der Waals surface area contributed by atoms with E-state index in [2.05, 4.69) is 0 Å². The Balaban J connectivity index is 2.04. The zero-order valence-corrected chi connectivity index (χ0v) is 14.0. The fourth-order valence-corrected chi connectivity index (χ4v) is 4.57. The topological polar surface area (TPSA) is 40.6 Å². The Hall–Kier alpha value is -0.420. The van der Waals surface area contributed by atoms with E-state index in [0.29, 0.717) is 13.1 Å². The zero-order valence-electron chi connectivity index (χ0n) is 12.4. The van der Waals surface area contributed by atoms with Crippen molar-refractivity contribution in [1.82, 2.24) is 9.80 Å². The van der Waals surface area contributed by atoms with Gasteiger partial charge in [0.15, 0.2) is 0 Å². The molecule has 1 atom stereocenters. The number of rotatable bonds is 2. The predicted molar refractivity (Wildman–Crippen MR) is 82.9 cm³/mol. The Morgan fingerprint density at radius 1 is 1.10 bits per heavy atom. The summed E-state index contributed by atoms with van der Waals surface area (Å²) in [7, 11) is 0. The summed E-state index contributed by atoms with van der Waals surface area (Å²) in [5, 5.41) is -0.464. The summed E-state index contributed by atoms with van der Waals surface area (Å²) in [5.41, 5.74) is 0. The van der Waals surface area contributed by atoms with Crippen LogP contribution in [0.15, 0.2) is 0 Å². The number of hydrogen-bond acceptors (Lipinski definition) is 3. The van der Waals surface area contributed by atoms with Gasteiger partial charge >= 0.3 is 0 Å². The number of amides is 2. The highest BCUT2D eigenvalue weighted by Crippen LogP contribution is 2.44. The van der Waals surface area contributed by atoms with Crippen molar-refractivity contribution in [2.45, 2.75) is 43.9 Å². The molecule has 20 heavy (non-hydrogen) atoms. The van der Waals surface area contributed by atoms with Gasteiger partial charge in [-0.3, -0.25) is 9.59 Å². The molecule has 0 aliphatic carbocycles. The van der Waals surface area contributed by atoms with Gasteiger partial charge in [-0.2, -0.15) is 0 Å². The second-order valence-electron chi connectivity index (χ2n) is 5.88. The van der Waals surface area contributed by atoms with Gasteiger partial charge in [0.25, 0.3) is 0 Å². The summed E-state index contributed by atoms with van der Waals surface area (Å²) in [6.45, 7) is 7.85. The van der Waals surface area contributed by atoms with E-state index >= 15 is 0 Å². The first-order chi connectivity index (χ1) is 9.37.